The lowest BCUT2D eigenvalue weighted by Crippen LogP contribution is -2.20. The molecule has 0 saturated carbocycles. The zero-order valence-corrected chi connectivity index (χ0v) is 10.4. The van der Waals surface area contributed by atoms with Gasteiger partial charge in [-0.15, -0.1) is 0 Å². The van der Waals surface area contributed by atoms with Gasteiger partial charge in [0, 0.05) is 31.8 Å². The Kier molecular flexibility index (Phi) is 5.39. The molecule has 0 radical (unpaired) electrons. The number of carbonyl (C=O) groups is 1. The zero-order chi connectivity index (χ0) is 12.7. The first-order valence-corrected chi connectivity index (χ1v) is 5.87. The molecule has 5 nitrogen and oxygen atoms in total. The van der Waals surface area contributed by atoms with Gasteiger partial charge in [-0.25, -0.2) is 9.97 Å². The maximum absolute atomic E-state index is 10.4. The van der Waals surface area contributed by atoms with E-state index >= 15 is 0 Å². The molecule has 0 aliphatic rings. The monoisotopic (exact) mass is 237 g/mol. The number of aromatic nitrogens is 2. The van der Waals surface area contributed by atoms with Gasteiger partial charge in [0.25, 0.3) is 0 Å². The van der Waals surface area contributed by atoms with E-state index in [1.165, 1.54) is 0 Å². The molecule has 0 unspecified atom stereocenters. The van der Waals surface area contributed by atoms with Crippen LogP contribution in [-0.2, 0) is 11.2 Å². The Morgan fingerprint density at radius 1 is 1.47 bits per heavy atom. The number of hydrogen-bond acceptors (Lipinski definition) is 4. The molecule has 17 heavy (non-hydrogen) atoms. The number of anilines is 1. The van der Waals surface area contributed by atoms with Crippen LogP contribution in [0.25, 0.3) is 0 Å². The summed E-state index contributed by atoms with van der Waals surface area (Å²) in [6.45, 7) is 2.80. The molecule has 0 aliphatic carbocycles. The third-order valence-electron chi connectivity index (χ3n) is 2.49. The highest BCUT2D eigenvalue weighted by molar-refractivity contribution is 5.66. The molecule has 0 spiro atoms. The predicted molar refractivity (Wildman–Crippen MR) is 66.2 cm³/mol. The average Bonchev–Trinajstić information content (AvgIpc) is 2.29. The molecule has 1 heterocycles. The van der Waals surface area contributed by atoms with Gasteiger partial charge in [-0.2, -0.15) is 0 Å². The summed E-state index contributed by atoms with van der Waals surface area (Å²) in [6, 6.07) is 1.96. The number of nitrogens with zero attached hydrogens (tertiary/aromatic N) is 3. The molecule has 5 heteroatoms. The standard InChI is InChI=1S/C12H19N3O2/c1-3-5-10-8-11(14-9-13-10)15(2)7-4-6-12(16)17/h8-9H,3-7H2,1-2H3,(H,16,17). The summed E-state index contributed by atoms with van der Waals surface area (Å²) in [6.07, 6.45) is 4.38. The van der Waals surface area contributed by atoms with E-state index in [0.717, 1.165) is 24.4 Å². The summed E-state index contributed by atoms with van der Waals surface area (Å²) in [4.78, 5) is 20.7. The number of hydrogen-bond donors (Lipinski definition) is 1. The molecule has 1 rings (SSSR count). The van der Waals surface area contributed by atoms with Gasteiger partial charge in [0.1, 0.15) is 12.1 Å². The van der Waals surface area contributed by atoms with Crippen LogP contribution in [0.4, 0.5) is 5.82 Å². The summed E-state index contributed by atoms with van der Waals surface area (Å²) in [5, 5.41) is 8.57. The van der Waals surface area contributed by atoms with E-state index in [2.05, 4.69) is 16.9 Å². The van der Waals surface area contributed by atoms with Gasteiger partial charge in [-0.1, -0.05) is 13.3 Å². The van der Waals surface area contributed by atoms with Crippen LogP contribution in [0.5, 0.6) is 0 Å². The fraction of sp³-hybridized carbons (Fsp3) is 0.583. The van der Waals surface area contributed by atoms with Gasteiger partial charge < -0.3 is 10.0 Å². The molecule has 0 fully saturated rings. The second kappa shape index (κ2) is 6.83. The number of carboxylic acid groups (broad SMARTS) is 1. The Morgan fingerprint density at radius 2 is 2.24 bits per heavy atom. The zero-order valence-electron chi connectivity index (χ0n) is 10.4. The van der Waals surface area contributed by atoms with Gasteiger partial charge in [0.2, 0.25) is 0 Å². The number of rotatable bonds is 7. The Labute approximate surface area is 102 Å². The molecular weight excluding hydrogens is 218 g/mol. The van der Waals surface area contributed by atoms with Crippen molar-refractivity contribution in [3.8, 4) is 0 Å². The van der Waals surface area contributed by atoms with Crippen LogP contribution in [0.15, 0.2) is 12.4 Å². The molecule has 0 aliphatic heterocycles. The minimum absolute atomic E-state index is 0.192. The van der Waals surface area contributed by atoms with E-state index in [1.807, 2.05) is 18.0 Å². The summed E-state index contributed by atoms with van der Waals surface area (Å²) in [5.74, 6) is 0.0987. The number of carboxylic acids is 1. The van der Waals surface area contributed by atoms with Crippen molar-refractivity contribution in [2.45, 2.75) is 32.6 Å². The molecule has 1 N–H and O–H groups in total. The van der Waals surface area contributed by atoms with Gasteiger partial charge in [-0.05, 0) is 12.8 Å². The first-order valence-electron chi connectivity index (χ1n) is 5.87. The fourth-order valence-corrected chi connectivity index (χ4v) is 1.57. The summed E-state index contributed by atoms with van der Waals surface area (Å²) in [7, 11) is 1.92. The molecule has 1 aromatic heterocycles. The van der Waals surface area contributed by atoms with Crippen LogP contribution in [0, 0.1) is 0 Å². The smallest absolute Gasteiger partial charge is 0.303 e. The Bertz CT molecular complexity index is 369. The lowest BCUT2D eigenvalue weighted by Gasteiger charge is -2.17. The Hall–Kier alpha value is -1.65. The average molecular weight is 237 g/mol. The predicted octanol–water partition coefficient (Wildman–Crippen LogP) is 1.73. The van der Waals surface area contributed by atoms with E-state index in [9.17, 15) is 4.79 Å². The molecule has 1 aromatic rings. The van der Waals surface area contributed by atoms with Gasteiger partial charge in [0.15, 0.2) is 0 Å². The second-order valence-electron chi connectivity index (χ2n) is 4.04. The minimum Gasteiger partial charge on any atom is -0.481 e. The topological polar surface area (TPSA) is 66.3 Å². The summed E-state index contributed by atoms with van der Waals surface area (Å²) in [5.41, 5.74) is 1.03. The number of aryl methyl sites for hydroxylation is 1. The summed E-state index contributed by atoms with van der Waals surface area (Å²) < 4.78 is 0. The maximum atomic E-state index is 10.4. The van der Waals surface area contributed by atoms with Crippen molar-refractivity contribution in [2.24, 2.45) is 0 Å². The van der Waals surface area contributed by atoms with Gasteiger partial charge in [-0.3, -0.25) is 4.79 Å². The van der Waals surface area contributed by atoms with Crippen LogP contribution < -0.4 is 4.90 Å². The van der Waals surface area contributed by atoms with E-state index in [-0.39, 0.29) is 6.42 Å². The maximum Gasteiger partial charge on any atom is 0.303 e. The first-order chi connectivity index (χ1) is 8.13. The van der Waals surface area contributed by atoms with E-state index in [0.29, 0.717) is 13.0 Å². The van der Waals surface area contributed by atoms with Crippen LogP contribution in [0.3, 0.4) is 0 Å². The van der Waals surface area contributed by atoms with Crippen molar-refractivity contribution in [1.29, 1.82) is 0 Å². The van der Waals surface area contributed by atoms with Crippen molar-refractivity contribution >= 4 is 11.8 Å². The SMILES string of the molecule is CCCc1cc(N(C)CCCC(=O)O)ncn1. The van der Waals surface area contributed by atoms with Crippen molar-refractivity contribution in [3.05, 3.63) is 18.1 Å². The molecule has 0 saturated heterocycles. The van der Waals surface area contributed by atoms with Crippen LogP contribution >= 0.6 is 0 Å². The first kappa shape index (κ1) is 13.4. The van der Waals surface area contributed by atoms with Gasteiger partial charge in [0.05, 0.1) is 0 Å². The van der Waals surface area contributed by atoms with Crippen molar-refractivity contribution < 1.29 is 9.90 Å². The molecule has 0 bridgehead atoms. The van der Waals surface area contributed by atoms with E-state index in [4.69, 9.17) is 5.11 Å². The van der Waals surface area contributed by atoms with Crippen LogP contribution in [0.2, 0.25) is 0 Å². The highest BCUT2D eigenvalue weighted by atomic mass is 16.4. The molecule has 94 valence electrons. The third-order valence-corrected chi connectivity index (χ3v) is 2.49. The van der Waals surface area contributed by atoms with E-state index in [1.54, 1.807) is 6.33 Å². The fourth-order valence-electron chi connectivity index (χ4n) is 1.57. The lowest BCUT2D eigenvalue weighted by atomic mass is 10.2. The summed E-state index contributed by atoms with van der Waals surface area (Å²) >= 11 is 0. The van der Waals surface area contributed by atoms with Crippen molar-refractivity contribution in [1.82, 2.24) is 9.97 Å². The highest BCUT2D eigenvalue weighted by Crippen LogP contribution is 2.11. The molecule has 0 amide bonds. The highest BCUT2D eigenvalue weighted by Gasteiger charge is 2.05. The van der Waals surface area contributed by atoms with Crippen LogP contribution in [0.1, 0.15) is 31.9 Å². The number of aliphatic carboxylic acids is 1. The molecule has 0 atom stereocenters. The normalized spacial score (nSPS) is 10.2. The Morgan fingerprint density at radius 3 is 2.88 bits per heavy atom. The second-order valence-corrected chi connectivity index (χ2v) is 4.04. The lowest BCUT2D eigenvalue weighted by molar-refractivity contribution is -0.137. The largest absolute Gasteiger partial charge is 0.481 e. The third kappa shape index (κ3) is 4.80. The quantitative estimate of drug-likeness (QED) is 0.782. The van der Waals surface area contributed by atoms with Crippen molar-refractivity contribution in [2.75, 3.05) is 18.5 Å². The van der Waals surface area contributed by atoms with E-state index < -0.39 is 5.97 Å². The van der Waals surface area contributed by atoms with Gasteiger partial charge >= 0.3 is 5.97 Å². The molecular formula is C12H19N3O2. The minimum atomic E-state index is -0.757. The van der Waals surface area contributed by atoms with Crippen LogP contribution in [-0.4, -0.2) is 34.6 Å². The molecule has 0 aromatic carbocycles. The Balaban J connectivity index is 2.52. The van der Waals surface area contributed by atoms with Crippen molar-refractivity contribution in [3.63, 3.8) is 0 Å².